The van der Waals surface area contributed by atoms with E-state index in [1.807, 2.05) is 30.4 Å². The van der Waals surface area contributed by atoms with E-state index in [1.54, 1.807) is 17.4 Å². The van der Waals surface area contributed by atoms with Crippen molar-refractivity contribution in [1.82, 2.24) is 14.6 Å². The molecule has 0 spiro atoms. The number of aromatic nitrogens is 2. The molecule has 0 saturated carbocycles. The molecule has 33 heavy (non-hydrogen) atoms. The number of rotatable bonds is 0. The van der Waals surface area contributed by atoms with Gasteiger partial charge in [0.25, 0.3) is 5.91 Å². The summed E-state index contributed by atoms with van der Waals surface area (Å²) in [5, 5.41) is 11.9. The minimum absolute atomic E-state index is 0.134. The summed E-state index contributed by atoms with van der Waals surface area (Å²) in [5.41, 5.74) is 0.480. The van der Waals surface area contributed by atoms with Crippen LogP contribution >= 0.6 is 0 Å². The summed E-state index contributed by atoms with van der Waals surface area (Å²) in [4.78, 5) is 29.8. The number of hydrogen-bond acceptors (Lipinski definition) is 5. The summed E-state index contributed by atoms with van der Waals surface area (Å²) in [6.07, 6.45) is 9.75. The van der Waals surface area contributed by atoms with E-state index in [4.69, 9.17) is 0 Å². The van der Waals surface area contributed by atoms with Gasteiger partial charge in [-0.25, -0.2) is 8.78 Å². The molecule has 0 saturated heterocycles. The zero-order valence-corrected chi connectivity index (χ0v) is 17.7. The van der Waals surface area contributed by atoms with Crippen LogP contribution in [0.1, 0.15) is 28.0 Å². The number of pyridine rings is 2. The summed E-state index contributed by atoms with van der Waals surface area (Å²) in [7, 11) is 0. The standard InChI is InChI=1S/C19H17F2N3O3.C5H5N/c20-14-8-12-4-2-1-3-6-22-11-23(10-13(12)9-15(14)21)24-7-5-16(25)18(26)17(24)19(22)27;1-2-4-6-5-3-1/h1,3,5,7-9,26H,2,4,6,10-11H2;1-5H/b3-1+;. The predicted octanol–water partition coefficient (Wildman–Crippen LogP) is 2.97. The number of benzene rings is 1. The van der Waals surface area contributed by atoms with Crippen LogP contribution in [-0.4, -0.2) is 38.8 Å². The fourth-order valence-electron chi connectivity index (χ4n) is 3.77. The van der Waals surface area contributed by atoms with Gasteiger partial charge in [0.2, 0.25) is 5.43 Å². The third kappa shape index (κ3) is 4.77. The SMILES string of the molecule is O=C1c2c(O)c(=O)ccn2N2Cc3cc(F)c(F)cc3CC/C=C/CN1C2.c1ccncc1. The van der Waals surface area contributed by atoms with Gasteiger partial charge in [-0.2, -0.15) is 0 Å². The Bertz CT molecular complexity index is 1220. The molecule has 4 heterocycles. The number of carbonyl (C=O) groups is 1. The van der Waals surface area contributed by atoms with Crippen molar-refractivity contribution in [2.75, 3.05) is 18.2 Å². The molecular formula is C24H22F2N4O3. The van der Waals surface area contributed by atoms with Gasteiger partial charge >= 0.3 is 0 Å². The minimum atomic E-state index is -0.938. The lowest BCUT2D eigenvalue weighted by atomic mass is 10.0. The highest BCUT2D eigenvalue weighted by Gasteiger charge is 2.32. The Morgan fingerprint density at radius 2 is 1.70 bits per heavy atom. The minimum Gasteiger partial charge on any atom is -0.502 e. The van der Waals surface area contributed by atoms with Gasteiger partial charge in [-0.05, 0) is 48.2 Å². The van der Waals surface area contributed by atoms with Crippen molar-refractivity contribution >= 4 is 5.91 Å². The second-order valence-electron chi connectivity index (χ2n) is 7.62. The second kappa shape index (κ2) is 9.64. The van der Waals surface area contributed by atoms with E-state index in [0.29, 0.717) is 30.5 Å². The van der Waals surface area contributed by atoms with Crippen LogP contribution in [0.2, 0.25) is 0 Å². The number of allylic oxidation sites excluding steroid dienone is 1. The molecule has 5 rings (SSSR count). The number of hydrogen-bond donors (Lipinski definition) is 1. The first-order valence-electron chi connectivity index (χ1n) is 10.4. The molecule has 0 atom stereocenters. The van der Waals surface area contributed by atoms with Gasteiger partial charge in [0, 0.05) is 31.2 Å². The summed E-state index contributed by atoms with van der Waals surface area (Å²) in [6, 6.07) is 9.24. The Kier molecular flexibility index (Phi) is 6.48. The van der Waals surface area contributed by atoms with E-state index < -0.39 is 28.7 Å². The summed E-state index contributed by atoms with van der Waals surface area (Å²) >= 11 is 0. The summed E-state index contributed by atoms with van der Waals surface area (Å²) in [6.45, 7) is 0.666. The van der Waals surface area contributed by atoms with E-state index in [1.165, 1.54) is 27.9 Å². The fraction of sp³-hybridized carbons (Fsp3) is 0.208. The van der Waals surface area contributed by atoms with Gasteiger partial charge in [0.05, 0.1) is 6.54 Å². The zero-order chi connectivity index (χ0) is 23.4. The molecule has 2 aromatic heterocycles. The molecule has 0 unspecified atom stereocenters. The number of halogens is 2. The van der Waals surface area contributed by atoms with E-state index in [2.05, 4.69) is 4.98 Å². The number of carbonyl (C=O) groups excluding carboxylic acids is 1. The molecule has 1 N–H and O–H groups in total. The lowest BCUT2D eigenvalue weighted by Crippen LogP contribution is -2.53. The molecule has 3 aromatic rings. The highest BCUT2D eigenvalue weighted by atomic mass is 19.2. The van der Waals surface area contributed by atoms with Gasteiger partial charge in [-0.1, -0.05) is 18.2 Å². The first-order chi connectivity index (χ1) is 16.0. The van der Waals surface area contributed by atoms with Crippen LogP contribution in [0.5, 0.6) is 5.75 Å². The van der Waals surface area contributed by atoms with Gasteiger partial charge < -0.3 is 10.0 Å². The van der Waals surface area contributed by atoms with Crippen LogP contribution in [-0.2, 0) is 13.0 Å². The topological polar surface area (TPSA) is 78.7 Å². The van der Waals surface area contributed by atoms with Crippen molar-refractivity contribution in [2.45, 2.75) is 19.4 Å². The molecule has 1 aromatic carbocycles. The molecule has 9 heteroatoms. The van der Waals surface area contributed by atoms with Crippen LogP contribution in [0.3, 0.4) is 0 Å². The molecule has 1 amide bonds. The third-order valence-electron chi connectivity index (χ3n) is 5.42. The maximum atomic E-state index is 13.8. The molecular weight excluding hydrogens is 430 g/mol. The van der Waals surface area contributed by atoms with Crippen LogP contribution in [0.25, 0.3) is 0 Å². The van der Waals surface area contributed by atoms with Gasteiger partial charge in [-0.3, -0.25) is 24.3 Å². The Morgan fingerprint density at radius 3 is 2.36 bits per heavy atom. The summed E-state index contributed by atoms with van der Waals surface area (Å²) < 4.78 is 29.0. The van der Waals surface area contributed by atoms with Gasteiger partial charge in [0.15, 0.2) is 23.1 Å². The fourth-order valence-corrected chi connectivity index (χ4v) is 3.77. The average molecular weight is 452 g/mol. The Hall–Kier alpha value is -4.01. The quantitative estimate of drug-likeness (QED) is 0.531. The van der Waals surface area contributed by atoms with E-state index >= 15 is 0 Å². The number of fused-ring (bicyclic) bond motifs is 5. The van der Waals surface area contributed by atoms with Crippen molar-refractivity contribution < 1.29 is 18.7 Å². The number of amides is 1. The first kappa shape index (κ1) is 22.2. The maximum absolute atomic E-state index is 13.8. The van der Waals surface area contributed by atoms with Crippen LogP contribution in [0.15, 0.2) is 71.9 Å². The van der Waals surface area contributed by atoms with Crippen molar-refractivity contribution in [1.29, 1.82) is 0 Å². The molecule has 0 radical (unpaired) electrons. The number of aryl methyl sites for hydroxylation is 1. The average Bonchev–Trinajstić information content (AvgIpc) is 2.85. The highest BCUT2D eigenvalue weighted by Crippen LogP contribution is 2.24. The Balaban J connectivity index is 0.000000376. The van der Waals surface area contributed by atoms with Gasteiger partial charge in [0.1, 0.15) is 6.67 Å². The summed E-state index contributed by atoms with van der Waals surface area (Å²) in [5.74, 6) is -2.92. The van der Waals surface area contributed by atoms with Crippen molar-refractivity contribution in [3.63, 3.8) is 0 Å². The van der Waals surface area contributed by atoms with Crippen molar-refractivity contribution in [3.05, 3.63) is 106 Å². The molecule has 170 valence electrons. The van der Waals surface area contributed by atoms with E-state index in [0.717, 1.165) is 6.07 Å². The maximum Gasteiger partial charge on any atom is 0.278 e. The second-order valence-corrected chi connectivity index (χ2v) is 7.62. The number of nitrogens with zero attached hydrogens (tertiary/aromatic N) is 4. The largest absolute Gasteiger partial charge is 0.502 e. The first-order valence-corrected chi connectivity index (χ1v) is 10.4. The van der Waals surface area contributed by atoms with Crippen molar-refractivity contribution in [2.24, 2.45) is 0 Å². The molecule has 2 aliphatic heterocycles. The van der Waals surface area contributed by atoms with Crippen LogP contribution in [0, 0.1) is 11.6 Å². The van der Waals surface area contributed by atoms with E-state index in [-0.39, 0.29) is 18.9 Å². The Morgan fingerprint density at radius 1 is 0.970 bits per heavy atom. The van der Waals surface area contributed by atoms with Crippen LogP contribution in [0.4, 0.5) is 8.78 Å². The smallest absolute Gasteiger partial charge is 0.278 e. The predicted molar refractivity (Wildman–Crippen MR) is 118 cm³/mol. The monoisotopic (exact) mass is 452 g/mol. The normalized spacial score (nSPS) is 16.0. The van der Waals surface area contributed by atoms with Crippen molar-refractivity contribution in [3.8, 4) is 5.75 Å². The van der Waals surface area contributed by atoms with Crippen LogP contribution < -0.4 is 10.4 Å². The highest BCUT2D eigenvalue weighted by molar-refractivity contribution is 5.96. The van der Waals surface area contributed by atoms with Gasteiger partial charge in [-0.15, -0.1) is 0 Å². The van der Waals surface area contributed by atoms with E-state index in [9.17, 15) is 23.5 Å². The molecule has 0 aliphatic carbocycles. The molecule has 2 bridgehead atoms. The third-order valence-corrected chi connectivity index (χ3v) is 5.42. The zero-order valence-electron chi connectivity index (χ0n) is 17.7. The molecule has 7 nitrogen and oxygen atoms in total. The lowest BCUT2D eigenvalue weighted by molar-refractivity contribution is 0.0706. The lowest BCUT2D eigenvalue weighted by Gasteiger charge is -2.39. The molecule has 2 aliphatic rings. The Labute approximate surface area is 188 Å². The molecule has 0 fully saturated rings. The number of aromatic hydroxyl groups is 1.